The lowest BCUT2D eigenvalue weighted by Gasteiger charge is -2.41. The van der Waals surface area contributed by atoms with Crippen molar-refractivity contribution in [3.63, 3.8) is 0 Å². The van der Waals surface area contributed by atoms with E-state index in [-0.39, 0.29) is 29.6 Å². The molecule has 5 rings (SSSR count). The fraction of sp³-hybridized carbons (Fsp3) is 0.357. The van der Waals surface area contributed by atoms with Gasteiger partial charge in [0.1, 0.15) is 12.4 Å². The van der Waals surface area contributed by atoms with Crippen LogP contribution in [-0.2, 0) is 30.5 Å². The van der Waals surface area contributed by atoms with Crippen LogP contribution < -0.4 is 5.56 Å². The van der Waals surface area contributed by atoms with Crippen LogP contribution in [0.2, 0.25) is 0 Å². The fourth-order valence-electron chi connectivity index (χ4n) is 5.26. The number of amides is 2. The molecule has 1 saturated heterocycles. The van der Waals surface area contributed by atoms with Gasteiger partial charge >= 0.3 is 0 Å². The summed E-state index contributed by atoms with van der Waals surface area (Å²) < 4.78 is 14.7. The van der Waals surface area contributed by atoms with Crippen molar-refractivity contribution in [3.05, 3.63) is 98.2 Å². The van der Waals surface area contributed by atoms with Gasteiger partial charge in [0, 0.05) is 31.1 Å². The third-order valence-electron chi connectivity index (χ3n) is 7.27. The Morgan fingerprint density at radius 2 is 1.92 bits per heavy atom. The highest BCUT2D eigenvalue weighted by Gasteiger charge is 2.34. The van der Waals surface area contributed by atoms with Crippen LogP contribution in [0.1, 0.15) is 51.7 Å². The molecular formula is C28H29FN4O3. The summed E-state index contributed by atoms with van der Waals surface area (Å²) in [6.07, 6.45) is 3.59. The number of fused-ring (bicyclic) bond motifs is 1. The van der Waals surface area contributed by atoms with Crippen molar-refractivity contribution in [3.8, 4) is 0 Å². The van der Waals surface area contributed by atoms with Gasteiger partial charge in [0.25, 0.3) is 11.5 Å². The maximum Gasteiger partial charge on any atom is 0.267 e. The van der Waals surface area contributed by atoms with Crippen LogP contribution in [0.3, 0.4) is 0 Å². The molecule has 1 atom stereocenters. The Balaban J connectivity index is 1.27. The molecule has 36 heavy (non-hydrogen) atoms. The van der Waals surface area contributed by atoms with E-state index in [2.05, 4.69) is 22.3 Å². The molecule has 1 aromatic heterocycles. The largest absolute Gasteiger partial charge is 0.336 e. The Morgan fingerprint density at radius 3 is 2.69 bits per heavy atom. The van der Waals surface area contributed by atoms with E-state index in [4.69, 9.17) is 0 Å². The van der Waals surface area contributed by atoms with Gasteiger partial charge in [-0.1, -0.05) is 37.3 Å². The first-order chi connectivity index (χ1) is 17.4. The zero-order valence-electron chi connectivity index (χ0n) is 20.3. The summed E-state index contributed by atoms with van der Waals surface area (Å²) >= 11 is 0. The number of nitrogens with zero attached hydrogens (tertiary/aromatic N) is 3. The minimum absolute atomic E-state index is 0.0536. The number of aromatic nitrogens is 2. The molecule has 2 aromatic carbocycles. The lowest BCUT2D eigenvalue weighted by Crippen LogP contribution is -2.56. The van der Waals surface area contributed by atoms with Gasteiger partial charge in [0.05, 0.1) is 11.3 Å². The Hall–Kier alpha value is -3.81. The minimum Gasteiger partial charge on any atom is -0.336 e. The second kappa shape index (κ2) is 10.0. The number of aromatic amines is 1. The molecule has 2 amide bonds. The van der Waals surface area contributed by atoms with Crippen molar-refractivity contribution in [1.29, 1.82) is 0 Å². The molecule has 1 fully saturated rings. The van der Waals surface area contributed by atoms with Gasteiger partial charge in [0.2, 0.25) is 5.91 Å². The molecule has 1 N–H and O–H groups in total. The number of carbonyl (C=O) groups is 2. The van der Waals surface area contributed by atoms with Gasteiger partial charge in [-0.3, -0.25) is 14.4 Å². The van der Waals surface area contributed by atoms with Gasteiger partial charge in [-0.25, -0.2) is 9.49 Å². The van der Waals surface area contributed by atoms with E-state index in [0.717, 1.165) is 19.3 Å². The molecule has 3 aromatic rings. The van der Waals surface area contributed by atoms with E-state index in [0.29, 0.717) is 42.8 Å². The Morgan fingerprint density at radius 1 is 1.11 bits per heavy atom. The number of nitrogens with one attached hydrogen (secondary N) is 1. The number of rotatable bonds is 5. The summed E-state index contributed by atoms with van der Waals surface area (Å²) in [5.41, 5.74) is 4.30. The minimum atomic E-state index is -0.619. The predicted molar refractivity (Wildman–Crippen MR) is 133 cm³/mol. The third kappa shape index (κ3) is 4.80. The number of benzene rings is 2. The van der Waals surface area contributed by atoms with Gasteiger partial charge in [0.15, 0.2) is 0 Å². The molecule has 2 heterocycles. The topological polar surface area (TPSA) is 86.4 Å². The molecule has 8 heteroatoms. The molecule has 0 bridgehead atoms. The van der Waals surface area contributed by atoms with Crippen molar-refractivity contribution >= 4 is 11.8 Å². The standard InChI is InChI=1S/C28H29FN4O3/c1-2-19-15-22(30-31-27(19)35)13-18-7-10-25(29)24(14-18)28(36)32-11-12-33(26(34)17-32)23-9-8-20-5-3-4-6-21(20)16-23/h3-7,10,14-15,23H,2,8-9,11-13,16-17H2,1H3,(H,31,35)/t23-/m0/s1. The zero-order valence-corrected chi connectivity index (χ0v) is 20.3. The molecule has 7 nitrogen and oxygen atoms in total. The Kier molecular flexibility index (Phi) is 6.67. The quantitative estimate of drug-likeness (QED) is 0.599. The number of aryl methyl sites for hydroxylation is 2. The van der Waals surface area contributed by atoms with E-state index < -0.39 is 11.7 Å². The van der Waals surface area contributed by atoms with Crippen molar-refractivity contribution in [1.82, 2.24) is 20.0 Å². The number of carbonyl (C=O) groups excluding carboxylic acids is 2. The van der Waals surface area contributed by atoms with Gasteiger partial charge in [-0.15, -0.1) is 0 Å². The first-order valence-corrected chi connectivity index (χ1v) is 12.4. The second-order valence-corrected chi connectivity index (χ2v) is 9.54. The molecule has 0 unspecified atom stereocenters. The third-order valence-corrected chi connectivity index (χ3v) is 7.27. The van der Waals surface area contributed by atoms with E-state index in [1.54, 1.807) is 12.1 Å². The van der Waals surface area contributed by atoms with E-state index in [1.165, 1.54) is 28.2 Å². The van der Waals surface area contributed by atoms with Crippen molar-refractivity contribution < 1.29 is 14.0 Å². The SMILES string of the molecule is CCc1cc(Cc2ccc(F)c(C(=O)N3CCN([C@H]4CCc5ccccc5C4)C(=O)C3)c2)n[nH]c1=O. The summed E-state index contributed by atoms with van der Waals surface area (Å²) in [7, 11) is 0. The fourth-order valence-corrected chi connectivity index (χ4v) is 5.26. The highest BCUT2D eigenvalue weighted by Crippen LogP contribution is 2.26. The predicted octanol–water partition coefficient (Wildman–Crippen LogP) is 2.90. The van der Waals surface area contributed by atoms with Gasteiger partial charge < -0.3 is 9.80 Å². The summed E-state index contributed by atoms with van der Waals surface area (Å²) in [6, 6.07) is 14.6. The van der Waals surface area contributed by atoms with E-state index in [9.17, 15) is 18.8 Å². The first kappa shape index (κ1) is 23.9. The lowest BCUT2D eigenvalue weighted by atomic mass is 9.87. The maximum absolute atomic E-state index is 14.7. The lowest BCUT2D eigenvalue weighted by molar-refractivity contribution is -0.137. The van der Waals surface area contributed by atoms with Gasteiger partial charge in [-0.2, -0.15) is 5.10 Å². The second-order valence-electron chi connectivity index (χ2n) is 9.54. The van der Waals surface area contributed by atoms with Crippen LogP contribution in [0.15, 0.2) is 53.3 Å². The van der Waals surface area contributed by atoms with Crippen molar-refractivity contribution in [2.75, 3.05) is 19.6 Å². The highest BCUT2D eigenvalue weighted by molar-refractivity contribution is 5.97. The number of hydrogen-bond donors (Lipinski definition) is 1. The molecule has 0 saturated carbocycles. The maximum atomic E-state index is 14.7. The van der Waals surface area contributed by atoms with Crippen LogP contribution in [0, 0.1) is 5.82 Å². The summed E-state index contributed by atoms with van der Waals surface area (Å²) in [6.45, 7) is 2.65. The zero-order chi connectivity index (χ0) is 25.2. The average molecular weight is 489 g/mol. The molecule has 1 aliphatic carbocycles. The number of hydrogen-bond acceptors (Lipinski definition) is 4. The molecule has 0 spiro atoms. The Labute approximate surface area is 208 Å². The van der Waals surface area contributed by atoms with Crippen LogP contribution in [0.4, 0.5) is 4.39 Å². The molecule has 0 radical (unpaired) electrons. The number of piperazine rings is 1. The number of halogens is 1. The van der Waals surface area contributed by atoms with E-state index in [1.807, 2.05) is 24.0 Å². The Bertz CT molecular complexity index is 1370. The first-order valence-electron chi connectivity index (χ1n) is 12.4. The summed E-state index contributed by atoms with van der Waals surface area (Å²) in [5.74, 6) is -1.20. The van der Waals surface area contributed by atoms with Crippen molar-refractivity contribution in [2.24, 2.45) is 0 Å². The van der Waals surface area contributed by atoms with Crippen LogP contribution in [0.5, 0.6) is 0 Å². The van der Waals surface area contributed by atoms with Crippen LogP contribution >= 0.6 is 0 Å². The summed E-state index contributed by atoms with van der Waals surface area (Å²) in [5, 5.41) is 6.55. The molecule has 1 aliphatic heterocycles. The van der Waals surface area contributed by atoms with Crippen LogP contribution in [0.25, 0.3) is 0 Å². The van der Waals surface area contributed by atoms with Crippen molar-refractivity contribution in [2.45, 2.75) is 45.1 Å². The van der Waals surface area contributed by atoms with E-state index >= 15 is 0 Å². The normalized spacial score (nSPS) is 17.7. The summed E-state index contributed by atoms with van der Waals surface area (Å²) in [4.78, 5) is 41.3. The molecule has 186 valence electrons. The van der Waals surface area contributed by atoms with Crippen LogP contribution in [-0.4, -0.2) is 57.5 Å². The van der Waals surface area contributed by atoms with Gasteiger partial charge in [-0.05, 0) is 60.6 Å². The molecular weight excluding hydrogens is 459 g/mol. The molecule has 2 aliphatic rings. The average Bonchev–Trinajstić information content (AvgIpc) is 2.90. The monoisotopic (exact) mass is 488 g/mol. The highest BCUT2D eigenvalue weighted by atomic mass is 19.1. The smallest absolute Gasteiger partial charge is 0.267 e. The number of H-pyrrole nitrogens is 1.